The van der Waals surface area contributed by atoms with Crippen LogP contribution in [0.15, 0.2) is 22.7 Å². The smallest absolute Gasteiger partial charge is 0.336 e. The van der Waals surface area contributed by atoms with Crippen molar-refractivity contribution in [3.63, 3.8) is 0 Å². The Hall–Kier alpha value is -1.07. The van der Waals surface area contributed by atoms with Crippen molar-refractivity contribution >= 4 is 27.6 Å². The van der Waals surface area contributed by atoms with Crippen LogP contribution in [0.25, 0.3) is 0 Å². The molecule has 1 aliphatic carbocycles. The van der Waals surface area contributed by atoms with Crippen molar-refractivity contribution in [2.24, 2.45) is 5.41 Å². The van der Waals surface area contributed by atoms with Gasteiger partial charge in [-0.25, -0.2) is 4.79 Å². The second kappa shape index (κ2) is 5.92. The van der Waals surface area contributed by atoms with Crippen LogP contribution in [0.5, 0.6) is 0 Å². The Balaban J connectivity index is 2.03. The highest BCUT2D eigenvalue weighted by Crippen LogP contribution is 2.37. The first-order chi connectivity index (χ1) is 9.06. The minimum Gasteiger partial charge on any atom is -0.478 e. The van der Waals surface area contributed by atoms with Gasteiger partial charge in [-0.05, 0) is 47.0 Å². The predicted octanol–water partition coefficient (Wildman–Crippen LogP) is 3.11. The normalized spacial score (nSPS) is 17.4. The number of benzene rings is 1. The van der Waals surface area contributed by atoms with E-state index in [1.54, 1.807) is 18.2 Å². The summed E-state index contributed by atoms with van der Waals surface area (Å²) in [5.74, 6) is -0.943. The number of carbonyl (C=O) groups is 1. The molecule has 0 heterocycles. The molecule has 3 N–H and O–H groups in total. The molecule has 1 saturated carbocycles. The van der Waals surface area contributed by atoms with Crippen LogP contribution in [0.2, 0.25) is 0 Å². The van der Waals surface area contributed by atoms with Crippen LogP contribution in [0.4, 0.5) is 5.69 Å². The van der Waals surface area contributed by atoms with Gasteiger partial charge in [0.15, 0.2) is 0 Å². The Morgan fingerprint density at radius 2 is 2.05 bits per heavy atom. The van der Waals surface area contributed by atoms with Gasteiger partial charge >= 0.3 is 5.97 Å². The fourth-order valence-electron chi connectivity index (χ4n) is 2.60. The number of anilines is 1. The number of halogens is 1. The molecule has 0 unspecified atom stereocenters. The first-order valence-electron chi connectivity index (χ1n) is 6.44. The average Bonchev–Trinajstić information content (AvgIpc) is 2.85. The molecule has 0 saturated heterocycles. The van der Waals surface area contributed by atoms with Crippen LogP contribution in [-0.4, -0.2) is 29.3 Å². The molecule has 0 atom stereocenters. The van der Waals surface area contributed by atoms with Crippen LogP contribution in [0, 0.1) is 5.41 Å². The maximum absolute atomic E-state index is 10.9. The third-order valence-electron chi connectivity index (χ3n) is 3.87. The first-order valence-corrected chi connectivity index (χ1v) is 7.23. The van der Waals surface area contributed by atoms with Crippen LogP contribution in [-0.2, 0) is 0 Å². The molecule has 0 bridgehead atoms. The number of hydrogen-bond acceptors (Lipinski definition) is 3. The van der Waals surface area contributed by atoms with Gasteiger partial charge in [0.1, 0.15) is 0 Å². The van der Waals surface area contributed by atoms with E-state index in [1.165, 1.54) is 12.8 Å². The van der Waals surface area contributed by atoms with E-state index < -0.39 is 5.97 Å². The van der Waals surface area contributed by atoms with Crippen LogP contribution < -0.4 is 5.32 Å². The summed E-state index contributed by atoms with van der Waals surface area (Å²) in [7, 11) is 0. The lowest BCUT2D eigenvalue weighted by Crippen LogP contribution is -2.30. The lowest BCUT2D eigenvalue weighted by Gasteiger charge is -2.27. The molecule has 0 spiro atoms. The highest BCUT2D eigenvalue weighted by molar-refractivity contribution is 9.10. The van der Waals surface area contributed by atoms with E-state index in [9.17, 15) is 9.90 Å². The van der Waals surface area contributed by atoms with Crippen molar-refractivity contribution in [3.8, 4) is 0 Å². The zero-order valence-electron chi connectivity index (χ0n) is 10.7. The van der Waals surface area contributed by atoms with E-state index in [2.05, 4.69) is 21.2 Å². The number of aliphatic hydroxyl groups is 1. The van der Waals surface area contributed by atoms with Crippen molar-refractivity contribution in [3.05, 3.63) is 28.2 Å². The summed E-state index contributed by atoms with van der Waals surface area (Å²) >= 11 is 3.26. The average molecular weight is 328 g/mol. The number of aromatic carboxylic acids is 1. The molecule has 19 heavy (non-hydrogen) atoms. The maximum atomic E-state index is 10.9. The van der Waals surface area contributed by atoms with E-state index in [4.69, 9.17) is 5.11 Å². The van der Waals surface area contributed by atoms with Gasteiger partial charge in [-0.1, -0.05) is 12.8 Å². The summed E-state index contributed by atoms with van der Waals surface area (Å²) in [4.78, 5) is 10.9. The fraction of sp³-hybridized carbons (Fsp3) is 0.500. The first kappa shape index (κ1) is 14.3. The largest absolute Gasteiger partial charge is 0.478 e. The quantitative estimate of drug-likeness (QED) is 0.777. The number of hydrogen-bond donors (Lipinski definition) is 3. The van der Waals surface area contributed by atoms with Gasteiger partial charge in [-0.15, -0.1) is 0 Å². The number of carboxylic acid groups (broad SMARTS) is 1. The molecule has 104 valence electrons. The third-order valence-corrected chi connectivity index (χ3v) is 4.52. The zero-order valence-corrected chi connectivity index (χ0v) is 12.2. The van der Waals surface area contributed by atoms with Gasteiger partial charge in [0.2, 0.25) is 0 Å². The monoisotopic (exact) mass is 327 g/mol. The molecule has 1 aromatic rings. The third kappa shape index (κ3) is 3.28. The number of nitrogens with one attached hydrogen (secondary N) is 1. The molecule has 4 nitrogen and oxygen atoms in total. The molecular formula is C14H18BrNO3. The predicted molar refractivity (Wildman–Crippen MR) is 77.6 cm³/mol. The number of carboxylic acids is 1. The summed E-state index contributed by atoms with van der Waals surface area (Å²) in [5, 5.41) is 21.8. The second-order valence-electron chi connectivity index (χ2n) is 5.22. The Bertz CT molecular complexity index is 470. The summed E-state index contributed by atoms with van der Waals surface area (Å²) in [6, 6.07) is 5.10. The summed E-state index contributed by atoms with van der Waals surface area (Å²) in [6.07, 6.45) is 4.43. The fourth-order valence-corrected chi connectivity index (χ4v) is 3.15. The SMILES string of the molecule is O=C(O)c1ccc(NCC2(CO)CCCC2)cc1Br. The summed E-state index contributed by atoms with van der Waals surface area (Å²) < 4.78 is 0.564. The van der Waals surface area contributed by atoms with Crippen molar-refractivity contribution in [2.75, 3.05) is 18.5 Å². The minimum absolute atomic E-state index is 0.0159. The molecule has 2 rings (SSSR count). The summed E-state index contributed by atoms with van der Waals surface area (Å²) in [6.45, 7) is 0.927. The van der Waals surface area contributed by atoms with Crippen molar-refractivity contribution in [1.82, 2.24) is 0 Å². The topological polar surface area (TPSA) is 69.6 Å². The highest BCUT2D eigenvalue weighted by Gasteiger charge is 2.32. The second-order valence-corrected chi connectivity index (χ2v) is 6.07. The molecule has 0 radical (unpaired) electrons. The number of aliphatic hydroxyl groups excluding tert-OH is 1. The summed E-state index contributed by atoms with van der Waals surface area (Å²) in [5.41, 5.74) is 1.11. The van der Waals surface area contributed by atoms with Gasteiger partial charge in [-0.2, -0.15) is 0 Å². The van der Waals surface area contributed by atoms with Crippen molar-refractivity contribution in [1.29, 1.82) is 0 Å². The van der Waals surface area contributed by atoms with Crippen LogP contribution >= 0.6 is 15.9 Å². The van der Waals surface area contributed by atoms with Gasteiger partial charge in [-0.3, -0.25) is 0 Å². The van der Waals surface area contributed by atoms with E-state index in [0.29, 0.717) is 4.47 Å². The lowest BCUT2D eigenvalue weighted by molar-refractivity contribution is 0.0696. The van der Waals surface area contributed by atoms with Gasteiger partial charge in [0, 0.05) is 22.1 Å². The van der Waals surface area contributed by atoms with Gasteiger partial charge < -0.3 is 15.5 Å². The maximum Gasteiger partial charge on any atom is 0.336 e. The Morgan fingerprint density at radius 1 is 1.37 bits per heavy atom. The zero-order chi connectivity index (χ0) is 13.9. The lowest BCUT2D eigenvalue weighted by atomic mass is 9.87. The molecular weight excluding hydrogens is 310 g/mol. The van der Waals surface area contributed by atoms with Gasteiger partial charge in [0.25, 0.3) is 0 Å². The van der Waals surface area contributed by atoms with Crippen LogP contribution in [0.1, 0.15) is 36.0 Å². The molecule has 0 aromatic heterocycles. The molecule has 1 aliphatic rings. The van der Waals surface area contributed by atoms with Crippen LogP contribution in [0.3, 0.4) is 0 Å². The van der Waals surface area contributed by atoms with E-state index in [1.807, 2.05) is 0 Å². The Morgan fingerprint density at radius 3 is 2.58 bits per heavy atom. The molecule has 0 aliphatic heterocycles. The minimum atomic E-state index is -0.943. The Labute approximate surface area is 121 Å². The Kier molecular flexibility index (Phi) is 4.47. The van der Waals surface area contributed by atoms with Gasteiger partial charge in [0.05, 0.1) is 12.2 Å². The molecule has 0 amide bonds. The highest BCUT2D eigenvalue weighted by atomic mass is 79.9. The molecule has 1 fully saturated rings. The van der Waals surface area contributed by atoms with E-state index in [0.717, 1.165) is 25.1 Å². The van der Waals surface area contributed by atoms with E-state index in [-0.39, 0.29) is 17.6 Å². The molecule has 1 aromatic carbocycles. The van der Waals surface area contributed by atoms with E-state index >= 15 is 0 Å². The number of rotatable bonds is 5. The molecule has 5 heteroatoms. The van der Waals surface area contributed by atoms with Crippen molar-refractivity contribution < 1.29 is 15.0 Å². The van der Waals surface area contributed by atoms with Crippen molar-refractivity contribution in [2.45, 2.75) is 25.7 Å². The standard InChI is InChI=1S/C14H18BrNO3/c15-12-7-10(3-4-11(12)13(18)19)16-8-14(9-17)5-1-2-6-14/h3-4,7,16-17H,1-2,5-6,8-9H2,(H,18,19).